The second-order valence-corrected chi connectivity index (χ2v) is 8.00. The van der Waals surface area contributed by atoms with Gasteiger partial charge in [-0.1, -0.05) is 37.3 Å². The highest BCUT2D eigenvalue weighted by atomic mass is 16.2. The van der Waals surface area contributed by atoms with Crippen LogP contribution in [-0.4, -0.2) is 51.9 Å². The number of aromatic nitrogens is 2. The predicted octanol–water partition coefficient (Wildman–Crippen LogP) is 2.95. The maximum Gasteiger partial charge on any atom is 0.227 e. The lowest BCUT2D eigenvalue weighted by atomic mass is 9.91. The molecular weight excluding hydrogens is 336 g/mol. The van der Waals surface area contributed by atoms with E-state index in [9.17, 15) is 4.79 Å². The zero-order chi connectivity index (χ0) is 18.6. The lowest BCUT2D eigenvalue weighted by Crippen LogP contribution is -2.43. The summed E-state index contributed by atoms with van der Waals surface area (Å²) in [5.41, 5.74) is 2.43. The highest BCUT2D eigenvalue weighted by Crippen LogP contribution is 2.30. The third-order valence-corrected chi connectivity index (χ3v) is 6.08. The number of amides is 1. The van der Waals surface area contributed by atoms with Crippen molar-refractivity contribution in [3.63, 3.8) is 0 Å². The maximum absolute atomic E-state index is 13.1. The molecule has 5 heteroatoms. The SMILES string of the molecule is CC1CN(Cc2ccccc2)CC1C(=O)N1CCC(c2ccncn2)CC1. The molecule has 0 spiro atoms. The molecule has 2 unspecified atom stereocenters. The topological polar surface area (TPSA) is 49.3 Å². The van der Waals surface area contributed by atoms with Gasteiger partial charge >= 0.3 is 0 Å². The first-order valence-corrected chi connectivity index (χ1v) is 10.0. The van der Waals surface area contributed by atoms with Crippen molar-refractivity contribution in [2.75, 3.05) is 26.2 Å². The Morgan fingerprint density at radius 1 is 1.11 bits per heavy atom. The fraction of sp³-hybridized carbons (Fsp3) is 0.500. The van der Waals surface area contributed by atoms with E-state index < -0.39 is 0 Å². The molecule has 1 aromatic carbocycles. The van der Waals surface area contributed by atoms with Crippen LogP contribution in [0.4, 0.5) is 0 Å². The van der Waals surface area contributed by atoms with Crippen LogP contribution in [0.15, 0.2) is 48.9 Å². The van der Waals surface area contributed by atoms with E-state index in [1.807, 2.05) is 12.1 Å². The molecule has 0 bridgehead atoms. The summed E-state index contributed by atoms with van der Waals surface area (Å²) in [4.78, 5) is 26.0. The third kappa shape index (κ3) is 4.19. The maximum atomic E-state index is 13.1. The highest BCUT2D eigenvalue weighted by Gasteiger charge is 2.38. The van der Waals surface area contributed by atoms with Crippen LogP contribution >= 0.6 is 0 Å². The Morgan fingerprint density at radius 3 is 2.59 bits per heavy atom. The minimum atomic E-state index is 0.129. The lowest BCUT2D eigenvalue weighted by Gasteiger charge is -2.34. The van der Waals surface area contributed by atoms with Crippen LogP contribution in [0.5, 0.6) is 0 Å². The predicted molar refractivity (Wildman–Crippen MR) is 105 cm³/mol. The summed E-state index contributed by atoms with van der Waals surface area (Å²) >= 11 is 0. The van der Waals surface area contributed by atoms with E-state index in [-0.39, 0.29) is 5.92 Å². The third-order valence-electron chi connectivity index (χ3n) is 6.08. The molecule has 142 valence electrons. The van der Waals surface area contributed by atoms with Crippen LogP contribution in [0, 0.1) is 11.8 Å². The van der Waals surface area contributed by atoms with Crippen molar-refractivity contribution in [3.05, 3.63) is 60.2 Å². The number of carbonyl (C=O) groups is 1. The summed E-state index contributed by atoms with van der Waals surface area (Å²) in [6.07, 6.45) is 5.42. The number of rotatable bonds is 4. The van der Waals surface area contributed by atoms with E-state index in [0.717, 1.165) is 51.3 Å². The molecule has 2 aliphatic rings. The van der Waals surface area contributed by atoms with E-state index in [4.69, 9.17) is 0 Å². The molecule has 5 nitrogen and oxygen atoms in total. The molecule has 0 aliphatic carbocycles. The van der Waals surface area contributed by atoms with Gasteiger partial charge in [0.15, 0.2) is 0 Å². The van der Waals surface area contributed by atoms with Crippen molar-refractivity contribution in [1.82, 2.24) is 19.8 Å². The fourth-order valence-corrected chi connectivity index (χ4v) is 4.53. The second-order valence-electron chi connectivity index (χ2n) is 8.00. The number of nitrogens with zero attached hydrogens (tertiary/aromatic N) is 4. The summed E-state index contributed by atoms with van der Waals surface area (Å²) in [5, 5.41) is 0. The average molecular weight is 364 g/mol. The van der Waals surface area contributed by atoms with Crippen LogP contribution in [0.3, 0.4) is 0 Å². The molecular formula is C22H28N4O. The van der Waals surface area contributed by atoms with Crippen LogP contribution < -0.4 is 0 Å². The van der Waals surface area contributed by atoms with E-state index in [2.05, 4.69) is 51.0 Å². The zero-order valence-electron chi connectivity index (χ0n) is 16.0. The number of likely N-dealkylation sites (tertiary alicyclic amines) is 2. The van der Waals surface area contributed by atoms with Crippen molar-refractivity contribution in [2.45, 2.75) is 32.2 Å². The van der Waals surface area contributed by atoms with Gasteiger partial charge in [0.1, 0.15) is 6.33 Å². The van der Waals surface area contributed by atoms with Gasteiger partial charge in [0.25, 0.3) is 0 Å². The highest BCUT2D eigenvalue weighted by molar-refractivity contribution is 5.80. The summed E-state index contributed by atoms with van der Waals surface area (Å²) in [6.45, 7) is 6.72. The van der Waals surface area contributed by atoms with Gasteiger partial charge in [-0.05, 0) is 30.4 Å². The van der Waals surface area contributed by atoms with E-state index in [1.165, 1.54) is 5.56 Å². The fourth-order valence-electron chi connectivity index (χ4n) is 4.53. The summed E-state index contributed by atoms with van der Waals surface area (Å²) in [5.74, 6) is 1.34. The number of hydrogen-bond donors (Lipinski definition) is 0. The van der Waals surface area contributed by atoms with Crippen LogP contribution in [-0.2, 0) is 11.3 Å². The Hall–Kier alpha value is -2.27. The zero-order valence-corrected chi connectivity index (χ0v) is 16.0. The molecule has 1 aromatic heterocycles. The largest absolute Gasteiger partial charge is 0.342 e. The van der Waals surface area contributed by atoms with Gasteiger partial charge in [-0.3, -0.25) is 9.69 Å². The molecule has 2 aliphatic heterocycles. The number of benzene rings is 1. The Kier molecular flexibility index (Phi) is 5.48. The van der Waals surface area contributed by atoms with Gasteiger partial charge in [-0.15, -0.1) is 0 Å². The van der Waals surface area contributed by atoms with Crippen LogP contribution in [0.2, 0.25) is 0 Å². The molecule has 1 amide bonds. The second kappa shape index (κ2) is 8.17. The smallest absolute Gasteiger partial charge is 0.227 e. The number of hydrogen-bond acceptors (Lipinski definition) is 4. The summed E-state index contributed by atoms with van der Waals surface area (Å²) in [7, 11) is 0. The van der Waals surface area contributed by atoms with Crippen molar-refractivity contribution < 1.29 is 4.79 Å². The minimum Gasteiger partial charge on any atom is -0.342 e. The Balaban J connectivity index is 1.32. The first-order chi connectivity index (χ1) is 13.2. The van der Waals surface area contributed by atoms with Crippen LogP contribution in [0.1, 0.15) is 36.9 Å². The Labute approximate surface area is 161 Å². The van der Waals surface area contributed by atoms with Gasteiger partial charge in [0.05, 0.1) is 5.92 Å². The molecule has 3 heterocycles. The molecule has 2 fully saturated rings. The minimum absolute atomic E-state index is 0.129. The molecule has 0 saturated carbocycles. The van der Waals surface area contributed by atoms with E-state index >= 15 is 0 Å². The molecule has 27 heavy (non-hydrogen) atoms. The standard InChI is InChI=1S/C22H28N4O/c1-17-13-25(14-18-5-3-2-4-6-18)15-20(17)22(27)26-11-8-19(9-12-26)21-7-10-23-16-24-21/h2-7,10,16-17,19-20H,8-9,11-15H2,1H3. The molecule has 2 atom stereocenters. The van der Waals surface area contributed by atoms with Gasteiger partial charge in [-0.25, -0.2) is 9.97 Å². The number of piperidine rings is 1. The number of carbonyl (C=O) groups excluding carboxylic acids is 1. The first kappa shape index (κ1) is 18.1. The van der Waals surface area contributed by atoms with Crippen molar-refractivity contribution in [1.29, 1.82) is 0 Å². The summed E-state index contributed by atoms with van der Waals surface area (Å²) in [6, 6.07) is 12.5. The lowest BCUT2D eigenvalue weighted by molar-refractivity contribution is -0.137. The Bertz CT molecular complexity index is 743. The van der Waals surface area contributed by atoms with Gasteiger partial charge in [-0.2, -0.15) is 0 Å². The van der Waals surface area contributed by atoms with E-state index in [1.54, 1.807) is 12.5 Å². The summed E-state index contributed by atoms with van der Waals surface area (Å²) < 4.78 is 0. The van der Waals surface area contributed by atoms with Gasteiger partial charge < -0.3 is 4.90 Å². The molecule has 2 aromatic rings. The van der Waals surface area contributed by atoms with Crippen molar-refractivity contribution in [3.8, 4) is 0 Å². The van der Waals surface area contributed by atoms with Crippen molar-refractivity contribution >= 4 is 5.91 Å². The molecule has 0 radical (unpaired) electrons. The average Bonchev–Trinajstić information content (AvgIpc) is 3.09. The molecule has 2 saturated heterocycles. The molecule has 0 N–H and O–H groups in total. The van der Waals surface area contributed by atoms with Crippen LogP contribution in [0.25, 0.3) is 0 Å². The first-order valence-electron chi connectivity index (χ1n) is 10.0. The quantitative estimate of drug-likeness (QED) is 0.837. The molecule has 4 rings (SSSR count). The monoisotopic (exact) mass is 364 g/mol. The Morgan fingerprint density at radius 2 is 1.89 bits per heavy atom. The van der Waals surface area contributed by atoms with Gasteiger partial charge in [0, 0.05) is 50.5 Å². The van der Waals surface area contributed by atoms with E-state index in [0.29, 0.717) is 17.7 Å². The normalized spacial score (nSPS) is 24.3. The van der Waals surface area contributed by atoms with Crippen molar-refractivity contribution in [2.24, 2.45) is 11.8 Å². The van der Waals surface area contributed by atoms with Gasteiger partial charge in [0.2, 0.25) is 5.91 Å².